The predicted octanol–water partition coefficient (Wildman–Crippen LogP) is 7.99. The van der Waals surface area contributed by atoms with E-state index in [-0.39, 0.29) is 11.0 Å². The number of carbonyl (C=O) groups is 1. The van der Waals surface area contributed by atoms with Gasteiger partial charge in [0.05, 0.1) is 40.7 Å². The van der Waals surface area contributed by atoms with E-state index in [2.05, 4.69) is 24.3 Å². The van der Waals surface area contributed by atoms with Crippen LogP contribution in [-0.2, 0) is 17.8 Å². The number of aromatic nitrogens is 2. The van der Waals surface area contributed by atoms with E-state index in [1.807, 2.05) is 66.9 Å². The summed E-state index contributed by atoms with van der Waals surface area (Å²) in [7, 11) is 6.46. The lowest BCUT2D eigenvalue weighted by atomic mass is 9.98. The molecule has 5 aromatic rings. The summed E-state index contributed by atoms with van der Waals surface area (Å²) in [5.41, 5.74) is 6.14. The third-order valence-electron chi connectivity index (χ3n) is 8.45. The van der Waals surface area contributed by atoms with Crippen LogP contribution >= 0.6 is 11.6 Å². The maximum absolute atomic E-state index is 13.4. The van der Waals surface area contributed by atoms with Crippen LogP contribution in [0.15, 0.2) is 79.0 Å². The molecule has 0 saturated carbocycles. The van der Waals surface area contributed by atoms with Gasteiger partial charge in [-0.15, -0.1) is 0 Å². The lowest BCUT2D eigenvalue weighted by molar-refractivity contribution is -0.118. The highest BCUT2D eigenvalue weighted by molar-refractivity contribution is 6.35. The topological polar surface area (TPSA) is 71.3 Å². The molecule has 0 N–H and O–H groups in total. The van der Waals surface area contributed by atoms with Crippen LogP contribution in [0.3, 0.4) is 0 Å². The van der Waals surface area contributed by atoms with Gasteiger partial charge in [0, 0.05) is 29.8 Å². The second-order valence-corrected chi connectivity index (χ2v) is 12.1. The molecule has 0 bridgehead atoms. The summed E-state index contributed by atoms with van der Waals surface area (Å²) >= 11 is 6.99. The van der Waals surface area contributed by atoms with Crippen molar-refractivity contribution in [2.24, 2.45) is 5.92 Å². The average Bonchev–Trinajstić information content (AvgIpc) is 3.42. The Morgan fingerprint density at radius 1 is 0.870 bits per heavy atom. The molecule has 1 amide bonds. The third kappa shape index (κ3) is 6.41. The van der Waals surface area contributed by atoms with Crippen LogP contribution in [0.2, 0.25) is 5.02 Å². The first kappa shape index (κ1) is 32.9. The molecule has 3 aromatic carbocycles. The molecule has 240 valence electrons. The molecule has 0 radical (unpaired) electrons. The van der Waals surface area contributed by atoms with E-state index >= 15 is 0 Å². The third-order valence-corrected chi connectivity index (χ3v) is 8.82. The lowest BCUT2D eigenvalue weighted by Gasteiger charge is -2.33. The van der Waals surface area contributed by atoms with Gasteiger partial charge in [0.25, 0.3) is 0 Å². The first-order chi connectivity index (χ1) is 22.3. The van der Waals surface area contributed by atoms with Crippen LogP contribution in [0.1, 0.15) is 37.2 Å². The molecule has 1 atom stereocenters. The van der Waals surface area contributed by atoms with Crippen LogP contribution in [0, 0.1) is 5.92 Å². The highest BCUT2D eigenvalue weighted by Crippen LogP contribution is 2.45. The molecule has 0 aliphatic rings. The van der Waals surface area contributed by atoms with Gasteiger partial charge < -0.3 is 23.3 Å². The van der Waals surface area contributed by atoms with Crippen molar-refractivity contribution < 1.29 is 23.7 Å². The molecular formula is C37H41ClN3O5+. The number of imidazole rings is 1. The summed E-state index contributed by atoms with van der Waals surface area (Å²) in [6, 6.07) is 23.7. The fourth-order valence-electron chi connectivity index (χ4n) is 5.97. The van der Waals surface area contributed by atoms with E-state index in [0.29, 0.717) is 41.1 Å². The van der Waals surface area contributed by atoms with Crippen molar-refractivity contribution in [2.45, 2.75) is 33.2 Å². The Hall–Kier alpha value is -4.53. The minimum absolute atomic E-state index is 0.0629. The average molecular weight is 643 g/mol. The molecule has 46 heavy (non-hydrogen) atoms. The van der Waals surface area contributed by atoms with Crippen LogP contribution in [0.25, 0.3) is 16.8 Å². The van der Waals surface area contributed by atoms with E-state index in [9.17, 15) is 4.79 Å². The molecule has 5 rings (SSSR count). The Balaban J connectivity index is 1.66. The maximum atomic E-state index is 13.4. The summed E-state index contributed by atoms with van der Waals surface area (Å²) in [4.78, 5) is 18.5. The van der Waals surface area contributed by atoms with Gasteiger partial charge in [-0.25, -0.2) is 14.3 Å². The summed E-state index contributed by atoms with van der Waals surface area (Å²) in [5.74, 6) is 2.80. The number of pyridine rings is 1. The SMILES string of the molecule is COc1ccc(-c2ccccc2OC)cc1Cc1c(C[N+](C=O)(CCC(C)C)c2ccc(OC)c(OC)c2Cl)nc2ccccn12. The van der Waals surface area contributed by atoms with Crippen molar-refractivity contribution in [3.63, 3.8) is 0 Å². The Bertz CT molecular complexity index is 1840. The Morgan fingerprint density at radius 2 is 1.59 bits per heavy atom. The number of para-hydroxylation sites is 1. The van der Waals surface area contributed by atoms with Gasteiger partial charge in [0.2, 0.25) is 0 Å². The second kappa shape index (κ2) is 14.3. The smallest absolute Gasteiger partial charge is 0.306 e. The molecular weight excluding hydrogens is 602 g/mol. The summed E-state index contributed by atoms with van der Waals surface area (Å²) in [5, 5.41) is 0.342. The van der Waals surface area contributed by atoms with Crippen molar-refractivity contribution in [2.75, 3.05) is 35.0 Å². The number of fused-ring (bicyclic) bond motifs is 1. The number of methoxy groups -OCH3 is 4. The van der Waals surface area contributed by atoms with Gasteiger partial charge in [0.15, 0.2) is 17.2 Å². The quantitative estimate of drug-likeness (QED) is 0.0903. The van der Waals surface area contributed by atoms with Crippen molar-refractivity contribution in [3.8, 4) is 34.1 Å². The monoisotopic (exact) mass is 642 g/mol. The van der Waals surface area contributed by atoms with E-state index in [1.54, 1.807) is 34.5 Å². The number of hydrogen-bond acceptors (Lipinski definition) is 6. The number of halogens is 1. The molecule has 9 heteroatoms. The molecule has 0 saturated heterocycles. The second-order valence-electron chi connectivity index (χ2n) is 11.7. The number of hydrogen-bond donors (Lipinski definition) is 0. The number of rotatable bonds is 14. The zero-order valence-electron chi connectivity index (χ0n) is 27.2. The molecule has 0 fully saturated rings. The van der Waals surface area contributed by atoms with Crippen LogP contribution < -0.4 is 23.4 Å². The summed E-state index contributed by atoms with van der Waals surface area (Å²) < 4.78 is 24.7. The van der Waals surface area contributed by atoms with Gasteiger partial charge in [-0.05, 0) is 54.3 Å². The first-order valence-electron chi connectivity index (χ1n) is 15.3. The number of benzene rings is 3. The van der Waals surface area contributed by atoms with Crippen molar-refractivity contribution in [1.29, 1.82) is 0 Å². The normalized spacial score (nSPS) is 12.6. The van der Waals surface area contributed by atoms with Crippen LogP contribution in [0.5, 0.6) is 23.0 Å². The van der Waals surface area contributed by atoms with E-state index < -0.39 is 0 Å². The fourth-order valence-corrected chi connectivity index (χ4v) is 6.37. The van der Waals surface area contributed by atoms with Crippen LogP contribution in [0.4, 0.5) is 5.69 Å². The van der Waals surface area contributed by atoms with Crippen molar-refractivity contribution in [3.05, 3.63) is 101 Å². The minimum Gasteiger partial charge on any atom is -0.496 e. The Morgan fingerprint density at radius 3 is 2.28 bits per heavy atom. The van der Waals surface area contributed by atoms with Crippen molar-refractivity contribution >= 4 is 29.3 Å². The fraction of sp³-hybridized carbons (Fsp3) is 0.297. The van der Waals surface area contributed by atoms with E-state index in [0.717, 1.165) is 58.1 Å². The lowest BCUT2D eigenvalue weighted by Crippen LogP contribution is -2.49. The van der Waals surface area contributed by atoms with E-state index in [1.165, 1.54) is 0 Å². The zero-order chi connectivity index (χ0) is 32.8. The number of carbonyl (C=O) groups excluding carboxylic acids is 1. The molecule has 2 aromatic heterocycles. The maximum Gasteiger partial charge on any atom is 0.306 e. The summed E-state index contributed by atoms with van der Waals surface area (Å²) in [6.45, 7) is 5.10. The number of nitrogens with zero attached hydrogens (tertiary/aromatic N) is 3. The first-order valence-corrected chi connectivity index (χ1v) is 15.7. The molecule has 2 heterocycles. The minimum atomic E-state index is -0.0629. The van der Waals surface area contributed by atoms with Gasteiger partial charge in [-0.3, -0.25) is 0 Å². The van der Waals surface area contributed by atoms with Gasteiger partial charge in [-0.2, -0.15) is 0 Å². The van der Waals surface area contributed by atoms with Crippen LogP contribution in [-0.4, -0.2) is 50.8 Å². The molecule has 0 spiro atoms. The van der Waals surface area contributed by atoms with Gasteiger partial charge >= 0.3 is 6.41 Å². The largest absolute Gasteiger partial charge is 0.496 e. The highest BCUT2D eigenvalue weighted by atomic mass is 35.5. The molecule has 0 aliphatic carbocycles. The highest BCUT2D eigenvalue weighted by Gasteiger charge is 2.37. The number of ether oxygens (including phenoxy) is 4. The molecule has 1 unspecified atom stereocenters. The number of amides is 1. The Kier molecular flexibility index (Phi) is 10.2. The van der Waals surface area contributed by atoms with Crippen molar-refractivity contribution in [1.82, 2.24) is 13.9 Å². The van der Waals surface area contributed by atoms with E-state index in [4.69, 9.17) is 35.5 Å². The number of quaternary nitrogens is 1. The standard InChI is InChI=1S/C37H41ClN3O5/c1-25(2)18-20-41(24-42,31-15-17-34(45-5)37(46-6)36(31)38)23-29-30(40-19-10-9-13-35(40)39-29)22-27-21-26(14-16-32(27)43-3)28-11-7-8-12-33(28)44-4/h7-17,19,21,24-25H,18,20,22-23H2,1-6H3/q+1. The molecule has 0 aliphatic heterocycles. The molecule has 8 nitrogen and oxygen atoms in total. The Labute approximate surface area is 275 Å². The van der Waals surface area contributed by atoms with Gasteiger partial charge in [0.1, 0.15) is 34.4 Å². The van der Waals surface area contributed by atoms with Gasteiger partial charge in [-0.1, -0.05) is 55.8 Å². The zero-order valence-corrected chi connectivity index (χ0v) is 28.0. The predicted molar refractivity (Wildman–Crippen MR) is 183 cm³/mol. The summed E-state index contributed by atoms with van der Waals surface area (Å²) in [6.07, 6.45) is 4.28.